The Morgan fingerprint density at radius 3 is 2.75 bits per heavy atom. The predicted molar refractivity (Wildman–Crippen MR) is 38.4 cm³/mol. The SMILES string of the molecule is CCCSC1C[N]C1. The molecule has 0 unspecified atom stereocenters. The lowest BCUT2D eigenvalue weighted by Gasteiger charge is -2.23. The monoisotopic (exact) mass is 130 g/mol. The van der Waals surface area contributed by atoms with Gasteiger partial charge in [-0.15, -0.1) is 0 Å². The molecule has 1 saturated heterocycles. The minimum absolute atomic E-state index is 0.884. The largest absolute Gasteiger partial charge is 0.239 e. The van der Waals surface area contributed by atoms with Crippen LogP contribution in [0.5, 0.6) is 0 Å². The molecule has 0 saturated carbocycles. The van der Waals surface area contributed by atoms with Crippen LogP contribution >= 0.6 is 11.8 Å². The van der Waals surface area contributed by atoms with Gasteiger partial charge in [-0.2, -0.15) is 11.8 Å². The molecule has 8 heavy (non-hydrogen) atoms. The molecule has 0 aromatic heterocycles. The average molecular weight is 130 g/mol. The van der Waals surface area contributed by atoms with Crippen LogP contribution in [-0.4, -0.2) is 24.1 Å². The van der Waals surface area contributed by atoms with Crippen LogP contribution in [0.15, 0.2) is 0 Å². The second-order valence-corrected chi connectivity index (χ2v) is 3.49. The third-order valence-electron chi connectivity index (χ3n) is 1.22. The van der Waals surface area contributed by atoms with Crippen molar-refractivity contribution in [1.82, 2.24) is 5.32 Å². The molecule has 0 spiro atoms. The maximum absolute atomic E-state index is 4.13. The topological polar surface area (TPSA) is 14.1 Å². The van der Waals surface area contributed by atoms with E-state index in [0.29, 0.717) is 0 Å². The van der Waals surface area contributed by atoms with Crippen LogP contribution in [0.3, 0.4) is 0 Å². The Labute approximate surface area is 55.2 Å². The number of rotatable bonds is 3. The van der Waals surface area contributed by atoms with Crippen molar-refractivity contribution in [3.63, 3.8) is 0 Å². The molecule has 1 aliphatic heterocycles. The Balaban J connectivity index is 1.86. The normalized spacial score (nSPS) is 20.6. The van der Waals surface area contributed by atoms with Gasteiger partial charge in [-0.3, -0.25) is 0 Å². The van der Waals surface area contributed by atoms with Gasteiger partial charge in [-0.05, 0) is 12.2 Å². The first kappa shape index (κ1) is 6.43. The summed E-state index contributed by atoms with van der Waals surface area (Å²) in [6.07, 6.45) is 1.31. The number of hydrogen-bond donors (Lipinski definition) is 0. The van der Waals surface area contributed by atoms with E-state index >= 15 is 0 Å². The number of thioether (sulfide) groups is 1. The van der Waals surface area contributed by atoms with Gasteiger partial charge in [0.1, 0.15) is 0 Å². The molecule has 1 fully saturated rings. The van der Waals surface area contributed by atoms with Crippen molar-refractivity contribution in [2.24, 2.45) is 0 Å². The van der Waals surface area contributed by atoms with Gasteiger partial charge in [0.05, 0.1) is 0 Å². The summed E-state index contributed by atoms with van der Waals surface area (Å²) in [6, 6.07) is 0. The summed E-state index contributed by atoms with van der Waals surface area (Å²) in [6.45, 7) is 4.46. The van der Waals surface area contributed by atoms with Crippen molar-refractivity contribution in [1.29, 1.82) is 0 Å². The van der Waals surface area contributed by atoms with Crippen LogP contribution in [0.1, 0.15) is 13.3 Å². The first-order valence-electron chi connectivity index (χ1n) is 3.18. The van der Waals surface area contributed by atoms with E-state index in [2.05, 4.69) is 24.0 Å². The Kier molecular flexibility index (Phi) is 2.70. The zero-order valence-electron chi connectivity index (χ0n) is 5.26. The summed E-state index contributed by atoms with van der Waals surface area (Å²) in [5.74, 6) is 1.32. The second-order valence-electron chi connectivity index (χ2n) is 2.08. The molecule has 0 N–H and O–H groups in total. The highest BCUT2D eigenvalue weighted by atomic mass is 32.2. The van der Waals surface area contributed by atoms with E-state index in [4.69, 9.17) is 0 Å². The Hall–Kier alpha value is 0.310. The van der Waals surface area contributed by atoms with Crippen molar-refractivity contribution in [2.75, 3.05) is 18.8 Å². The van der Waals surface area contributed by atoms with Crippen LogP contribution in [0.4, 0.5) is 0 Å². The van der Waals surface area contributed by atoms with Gasteiger partial charge < -0.3 is 0 Å². The van der Waals surface area contributed by atoms with Crippen LogP contribution in [0, 0.1) is 0 Å². The summed E-state index contributed by atoms with van der Waals surface area (Å²) in [5.41, 5.74) is 0. The van der Waals surface area contributed by atoms with Crippen LogP contribution in [-0.2, 0) is 0 Å². The average Bonchev–Trinajstić information content (AvgIpc) is 1.63. The maximum atomic E-state index is 4.13. The van der Waals surface area contributed by atoms with Crippen LogP contribution in [0.25, 0.3) is 0 Å². The number of hydrogen-bond acceptors (Lipinski definition) is 1. The fourth-order valence-corrected chi connectivity index (χ4v) is 1.62. The first-order valence-corrected chi connectivity index (χ1v) is 4.23. The van der Waals surface area contributed by atoms with Gasteiger partial charge in [0.2, 0.25) is 0 Å². The van der Waals surface area contributed by atoms with Gasteiger partial charge in [-0.25, -0.2) is 5.32 Å². The molecule has 0 atom stereocenters. The minimum Gasteiger partial charge on any atom is -0.239 e. The molecular weight excluding hydrogens is 118 g/mol. The quantitative estimate of drug-likeness (QED) is 0.558. The van der Waals surface area contributed by atoms with Gasteiger partial charge in [0.15, 0.2) is 0 Å². The van der Waals surface area contributed by atoms with E-state index in [9.17, 15) is 0 Å². The lowest BCUT2D eigenvalue weighted by Crippen LogP contribution is -2.38. The smallest absolute Gasteiger partial charge is 0.0330 e. The van der Waals surface area contributed by atoms with E-state index in [0.717, 1.165) is 18.3 Å². The van der Waals surface area contributed by atoms with E-state index in [1.165, 1.54) is 12.2 Å². The number of nitrogens with zero attached hydrogens (tertiary/aromatic N) is 1. The molecule has 1 aliphatic rings. The fourth-order valence-electron chi connectivity index (χ4n) is 0.624. The van der Waals surface area contributed by atoms with Gasteiger partial charge in [-0.1, -0.05) is 6.92 Å². The summed E-state index contributed by atoms with van der Waals surface area (Å²) in [4.78, 5) is 0. The fraction of sp³-hybridized carbons (Fsp3) is 1.00. The lowest BCUT2D eigenvalue weighted by atomic mass is 10.3. The Bertz CT molecular complexity index is 61.5. The van der Waals surface area contributed by atoms with Gasteiger partial charge in [0.25, 0.3) is 0 Å². The molecule has 0 aromatic carbocycles. The van der Waals surface area contributed by atoms with Crippen molar-refractivity contribution in [3.8, 4) is 0 Å². The van der Waals surface area contributed by atoms with Crippen molar-refractivity contribution in [2.45, 2.75) is 18.6 Å². The summed E-state index contributed by atoms with van der Waals surface area (Å²) in [5, 5.41) is 5.01. The highest BCUT2D eigenvalue weighted by molar-refractivity contribution is 8.00. The van der Waals surface area contributed by atoms with Gasteiger partial charge >= 0.3 is 0 Å². The lowest BCUT2D eigenvalue weighted by molar-refractivity contribution is 0.530. The molecule has 0 aliphatic carbocycles. The molecule has 47 valence electrons. The highest BCUT2D eigenvalue weighted by Crippen LogP contribution is 2.15. The van der Waals surface area contributed by atoms with E-state index in [-0.39, 0.29) is 0 Å². The van der Waals surface area contributed by atoms with Gasteiger partial charge in [0, 0.05) is 18.3 Å². The third-order valence-corrected chi connectivity index (χ3v) is 2.64. The zero-order valence-corrected chi connectivity index (χ0v) is 6.08. The Morgan fingerprint density at radius 1 is 1.62 bits per heavy atom. The summed E-state index contributed by atoms with van der Waals surface area (Å²) < 4.78 is 0. The standard InChI is InChI=1S/C6H12NS/c1-2-3-8-6-4-7-5-6/h6H,2-5H2,1H3. The van der Waals surface area contributed by atoms with Crippen molar-refractivity contribution >= 4 is 11.8 Å². The predicted octanol–water partition coefficient (Wildman–Crippen LogP) is 1.12. The van der Waals surface area contributed by atoms with Crippen LogP contribution < -0.4 is 5.32 Å². The third kappa shape index (κ3) is 1.67. The molecule has 1 nitrogen and oxygen atoms in total. The zero-order chi connectivity index (χ0) is 5.82. The van der Waals surface area contributed by atoms with Crippen molar-refractivity contribution < 1.29 is 0 Å². The molecule has 2 heteroatoms. The second kappa shape index (κ2) is 3.36. The molecule has 0 bridgehead atoms. The maximum Gasteiger partial charge on any atom is 0.0330 e. The minimum atomic E-state index is 0.884. The highest BCUT2D eigenvalue weighted by Gasteiger charge is 2.16. The van der Waals surface area contributed by atoms with E-state index in [1.54, 1.807) is 0 Å². The first-order chi connectivity index (χ1) is 3.93. The van der Waals surface area contributed by atoms with E-state index < -0.39 is 0 Å². The molecule has 1 heterocycles. The van der Waals surface area contributed by atoms with Crippen LogP contribution in [0.2, 0.25) is 0 Å². The van der Waals surface area contributed by atoms with Crippen molar-refractivity contribution in [3.05, 3.63) is 0 Å². The summed E-state index contributed by atoms with van der Waals surface area (Å²) >= 11 is 2.07. The van der Waals surface area contributed by atoms with E-state index in [1.807, 2.05) is 0 Å². The molecule has 1 rings (SSSR count). The molecular formula is C6H12NS. The molecule has 0 aromatic rings. The molecule has 1 radical (unpaired) electrons. The Morgan fingerprint density at radius 2 is 2.38 bits per heavy atom. The summed E-state index contributed by atoms with van der Waals surface area (Å²) in [7, 11) is 0. The molecule has 0 amide bonds.